The van der Waals surface area contributed by atoms with Gasteiger partial charge in [-0.15, -0.1) is 0 Å². The average molecular weight is 242 g/mol. The van der Waals surface area contributed by atoms with E-state index in [1.807, 2.05) is 13.8 Å². The van der Waals surface area contributed by atoms with Gasteiger partial charge in [-0.1, -0.05) is 5.16 Å². The molecule has 1 saturated carbocycles. The minimum atomic E-state index is 0.0154. The van der Waals surface area contributed by atoms with Crippen LogP contribution in [0.5, 0.6) is 0 Å². The van der Waals surface area contributed by atoms with Gasteiger partial charge in [0.05, 0.1) is 11.8 Å². The molecule has 1 aliphatic carbocycles. The highest BCUT2D eigenvalue weighted by molar-refractivity contribution is 5.84. The summed E-state index contributed by atoms with van der Waals surface area (Å²) in [6, 6.07) is 0.200. The van der Waals surface area contributed by atoms with Crippen LogP contribution in [0.2, 0.25) is 0 Å². The largest absolute Gasteiger partial charge is 0.411 e. The van der Waals surface area contributed by atoms with Gasteiger partial charge in [-0.3, -0.25) is 4.79 Å². The number of nitrogens with zero attached hydrogens (tertiary/aromatic N) is 2. The number of hydrogen-bond acceptors (Lipinski definition) is 4. The number of oxime groups is 1. The Morgan fingerprint density at radius 1 is 1.53 bits per heavy atom. The molecule has 0 aromatic rings. The fourth-order valence-electron chi connectivity index (χ4n) is 1.77. The molecule has 0 saturated heterocycles. The molecule has 1 N–H and O–H groups in total. The number of rotatable bonds is 4. The van der Waals surface area contributed by atoms with Crippen molar-refractivity contribution < 1.29 is 14.7 Å². The van der Waals surface area contributed by atoms with E-state index in [4.69, 9.17) is 9.94 Å². The second-order valence-electron chi connectivity index (χ2n) is 4.77. The van der Waals surface area contributed by atoms with Crippen molar-refractivity contribution in [1.82, 2.24) is 4.90 Å². The van der Waals surface area contributed by atoms with Crippen molar-refractivity contribution in [1.29, 1.82) is 0 Å². The first kappa shape index (κ1) is 14.0. The zero-order valence-corrected chi connectivity index (χ0v) is 10.8. The van der Waals surface area contributed by atoms with Gasteiger partial charge in [-0.25, -0.2) is 0 Å². The Hall–Kier alpha value is -1.10. The number of amides is 1. The second-order valence-corrected chi connectivity index (χ2v) is 4.77. The Morgan fingerprint density at radius 2 is 2.12 bits per heavy atom. The van der Waals surface area contributed by atoms with Crippen molar-refractivity contribution in [3.63, 3.8) is 0 Å². The molecule has 0 aliphatic heterocycles. The standard InChI is InChI=1S/C12H22N2O3/c1-9(2)14(3)12(15)8-17-11-6-4-10(13-16)5-7-11/h9,11,16H,4-8H2,1-3H3. The molecule has 0 atom stereocenters. The summed E-state index contributed by atoms with van der Waals surface area (Å²) in [6.45, 7) is 4.09. The molecule has 1 rings (SSSR count). The van der Waals surface area contributed by atoms with Gasteiger partial charge in [0, 0.05) is 13.1 Å². The Balaban J connectivity index is 2.26. The van der Waals surface area contributed by atoms with E-state index < -0.39 is 0 Å². The number of carbonyl (C=O) groups is 1. The summed E-state index contributed by atoms with van der Waals surface area (Å²) in [5.74, 6) is 0.0154. The molecule has 0 aromatic heterocycles. The lowest BCUT2D eigenvalue weighted by molar-refractivity contribution is -0.138. The molecule has 17 heavy (non-hydrogen) atoms. The summed E-state index contributed by atoms with van der Waals surface area (Å²) in [7, 11) is 1.79. The zero-order valence-electron chi connectivity index (χ0n) is 10.8. The van der Waals surface area contributed by atoms with Crippen molar-refractivity contribution >= 4 is 11.6 Å². The quantitative estimate of drug-likeness (QED) is 0.602. The van der Waals surface area contributed by atoms with Crippen LogP contribution >= 0.6 is 0 Å². The number of likely N-dealkylation sites (N-methyl/N-ethyl adjacent to an activating group) is 1. The molecule has 1 aliphatic rings. The monoisotopic (exact) mass is 242 g/mol. The summed E-state index contributed by atoms with van der Waals surface area (Å²) >= 11 is 0. The molecule has 5 nitrogen and oxygen atoms in total. The van der Waals surface area contributed by atoms with Crippen LogP contribution in [0.25, 0.3) is 0 Å². The van der Waals surface area contributed by atoms with Crippen molar-refractivity contribution in [2.75, 3.05) is 13.7 Å². The van der Waals surface area contributed by atoms with Gasteiger partial charge in [-0.05, 0) is 39.5 Å². The van der Waals surface area contributed by atoms with E-state index in [9.17, 15) is 4.79 Å². The Bertz CT molecular complexity index is 279. The first-order valence-electron chi connectivity index (χ1n) is 6.11. The Morgan fingerprint density at radius 3 is 2.59 bits per heavy atom. The van der Waals surface area contributed by atoms with E-state index in [-0.39, 0.29) is 24.7 Å². The summed E-state index contributed by atoms with van der Waals surface area (Å²) in [5.41, 5.74) is 0.829. The maximum atomic E-state index is 11.7. The molecular weight excluding hydrogens is 220 g/mol. The van der Waals surface area contributed by atoms with E-state index in [1.165, 1.54) is 0 Å². The fraction of sp³-hybridized carbons (Fsp3) is 0.833. The summed E-state index contributed by atoms with van der Waals surface area (Å²) in [5, 5.41) is 11.8. The van der Waals surface area contributed by atoms with Crippen LogP contribution in [-0.2, 0) is 9.53 Å². The first-order chi connectivity index (χ1) is 8.04. The summed E-state index contributed by atoms with van der Waals surface area (Å²) in [4.78, 5) is 13.4. The minimum Gasteiger partial charge on any atom is -0.411 e. The van der Waals surface area contributed by atoms with Crippen LogP contribution in [0.15, 0.2) is 5.16 Å². The third-order valence-electron chi connectivity index (χ3n) is 3.26. The molecule has 0 aromatic carbocycles. The van der Waals surface area contributed by atoms with Crippen LogP contribution in [0.3, 0.4) is 0 Å². The van der Waals surface area contributed by atoms with E-state index >= 15 is 0 Å². The van der Waals surface area contributed by atoms with Crippen LogP contribution in [0, 0.1) is 0 Å². The SMILES string of the molecule is CC(C)N(C)C(=O)COC1CCC(=NO)CC1. The normalized spacial score (nSPS) is 20.5. The molecular formula is C12H22N2O3. The molecule has 0 heterocycles. The van der Waals surface area contributed by atoms with E-state index in [1.54, 1.807) is 11.9 Å². The maximum absolute atomic E-state index is 11.7. The zero-order chi connectivity index (χ0) is 12.8. The highest BCUT2D eigenvalue weighted by atomic mass is 16.5. The topological polar surface area (TPSA) is 62.1 Å². The number of ether oxygens (including phenoxy) is 1. The van der Waals surface area contributed by atoms with Crippen LogP contribution < -0.4 is 0 Å². The van der Waals surface area contributed by atoms with Gasteiger partial charge in [-0.2, -0.15) is 0 Å². The average Bonchev–Trinajstić information content (AvgIpc) is 2.35. The third-order valence-corrected chi connectivity index (χ3v) is 3.26. The lowest BCUT2D eigenvalue weighted by Gasteiger charge is -2.25. The van der Waals surface area contributed by atoms with Crippen molar-refractivity contribution in [2.24, 2.45) is 5.16 Å². The number of carbonyl (C=O) groups excluding carboxylic acids is 1. The smallest absolute Gasteiger partial charge is 0.248 e. The first-order valence-corrected chi connectivity index (χ1v) is 6.11. The Kier molecular flexibility index (Phi) is 5.41. The predicted octanol–water partition coefficient (Wildman–Crippen LogP) is 1.64. The van der Waals surface area contributed by atoms with E-state index in [0.29, 0.717) is 0 Å². The van der Waals surface area contributed by atoms with E-state index in [0.717, 1.165) is 31.4 Å². The van der Waals surface area contributed by atoms with Crippen molar-refractivity contribution in [3.8, 4) is 0 Å². The molecule has 0 radical (unpaired) electrons. The molecule has 1 fully saturated rings. The fourth-order valence-corrected chi connectivity index (χ4v) is 1.77. The summed E-state index contributed by atoms with van der Waals surface area (Å²) < 4.78 is 5.58. The van der Waals surface area contributed by atoms with Gasteiger partial charge in [0.25, 0.3) is 0 Å². The predicted molar refractivity (Wildman–Crippen MR) is 65.3 cm³/mol. The molecule has 98 valence electrons. The van der Waals surface area contributed by atoms with Gasteiger partial charge >= 0.3 is 0 Å². The lowest BCUT2D eigenvalue weighted by atomic mass is 9.96. The lowest BCUT2D eigenvalue weighted by Crippen LogP contribution is -2.37. The molecule has 0 bridgehead atoms. The molecule has 0 unspecified atom stereocenters. The Labute approximate surface area is 102 Å². The van der Waals surface area contributed by atoms with Crippen molar-refractivity contribution in [3.05, 3.63) is 0 Å². The minimum absolute atomic E-state index is 0.0154. The highest BCUT2D eigenvalue weighted by Gasteiger charge is 2.20. The highest BCUT2D eigenvalue weighted by Crippen LogP contribution is 2.18. The van der Waals surface area contributed by atoms with Crippen molar-refractivity contribution in [2.45, 2.75) is 51.7 Å². The van der Waals surface area contributed by atoms with Gasteiger partial charge in [0.1, 0.15) is 6.61 Å². The van der Waals surface area contributed by atoms with Crippen LogP contribution in [-0.4, -0.2) is 47.5 Å². The number of hydrogen-bond donors (Lipinski definition) is 1. The third kappa shape index (κ3) is 4.34. The maximum Gasteiger partial charge on any atom is 0.248 e. The van der Waals surface area contributed by atoms with Gasteiger partial charge in [0.15, 0.2) is 0 Å². The van der Waals surface area contributed by atoms with Crippen LogP contribution in [0.4, 0.5) is 0 Å². The van der Waals surface area contributed by atoms with Gasteiger partial charge < -0.3 is 14.8 Å². The summed E-state index contributed by atoms with van der Waals surface area (Å²) in [6.07, 6.45) is 3.30. The second kappa shape index (κ2) is 6.59. The van der Waals surface area contributed by atoms with Gasteiger partial charge in [0.2, 0.25) is 5.91 Å². The van der Waals surface area contributed by atoms with Crippen LogP contribution in [0.1, 0.15) is 39.5 Å². The molecule has 5 heteroatoms. The molecule has 0 spiro atoms. The van der Waals surface area contributed by atoms with E-state index in [2.05, 4.69) is 5.16 Å². The molecule has 1 amide bonds.